The van der Waals surface area contributed by atoms with Gasteiger partial charge in [0.1, 0.15) is 0 Å². The van der Waals surface area contributed by atoms with Crippen molar-refractivity contribution in [1.29, 1.82) is 0 Å². The zero-order chi connectivity index (χ0) is 9.57. The van der Waals surface area contributed by atoms with Crippen LogP contribution in [0.1, 0.15) is 19.8 Å². The second-order valence-corrected chi connectivity index (χ2v) is 3.93. The normalized spacial score (nSPS) is 25.1. The Balaban J connectivity index is 2.94. The standard InChI is InChI=1S/C8H15NO3/c1-7(4-5-7)8(12,6(10)11)9(2)3/h12H,4-5H2,1-3H3,(H,10,11)/t8-/m0/s1. The molecule has 0 spiro atoms. The predicted molar refractivity (Wildman–Crippen MR) is 43.6 cm³/mol. The van der Waals surface area contributed by atoms with E-state index >= 15 is 0 Å². The lowest BCUT2D eigenvalue weighted by molar-refractivity contribution is -0.192. The highest BCUT2D eigenvalue weighted by atomic mass is 16.4. The number of aliphatic hydroxyl groups is 1. The van der Waals surface area contributed by atoms with Crippen molar-refractivity contribution in [3.05, 3.63) is 0 Å². The Morgan fingerprint density at radius 3 is 2.00 bits per heavy atom. The van der Waals surface area contributed by atoms with Crippen LogP contribution in [0.5, 0.6) is 0 Å². The van der Waals surface area contributed by atoms with Crippen LogP contribution in [0, 0.1) is 5.41 Å². The number of likely N-dealkylation sites (N-methyl/N-ethyl adjacent to an activating group) is 1. The average molecular weight is 173 g/mol. The van der Waals surface area contributed by atoms with Crippen molar-refractivity contribution in [2.75, 3.05) is 14.1 Å². The Morgan fingerprint density at radius 2 is 1.92 bits per heavy atom. The Kier molecular flexibility index (Phi) is 1.92. The quantitative estimate of drug-likeness (QED) is 0.595. The molecule has 0 bridgehead atoms. The summed E-state index contributed by atoms with van der Waals surface area (Å²) in [7, 11) is 3.16. The van der Waals surface area contributed by atoms with E-state index in [2.05, 4.69) is 0 Å². The maximum atomic E-state index is 10.9. The molecule has 4 nitrogen and oxygen atoms in total. The van der Waals surface area contributed by atoms with Gasteiger partial charge in [0.15, 0.2) is 0 Å². The number of carboxylic acid groups (broad SMARTS) is 1. The lowest BCUT2D eigenvalue weighted by Crippen LogP contribution is -2.57. The molecule has 0 aromatic rings. The number of carboxylic acids is 1. The van der Waals surface area contributed by atoms with E-state index in [0.717, 1.165) is 12.8 Å². The van der Waals surface area contributed by atoms with Crippen LogP contribution >= 0.6 is 0 Å². The molecule has 0 aliphatic heterocycles. The lowest BCUT2D eigenvalue weighted by atomic mass is 9.93. The molecule has 1 aliphatic carbocycles. The van der Waals surface area contributed by atoms with Crippen LogP contribution in [0.25, 0.3) is 0 Å². The van der Waals surface area contributed by atoms with Crippen LogP contribution in [0.2, 0.25) is 0 Å². The van der Waals surface area contributed by atoms with E-state index in [4.69, 9.17) is 5.11 Å². The Morgan fingerprint density at radius 1 is 1.50 bits per heavy atom. The van der Waals surface area contributed by atoms with Gasteiger partial charge in [-0.05, 0) is 26.9 Å². The topological polar surface area (TPSA) is 60.8 Å². The summed E-state index contributed by atoms with van der Waals surface area (Å²) < 4.78 is 0. The van der Waals surface area contributed by atoms with Gasteiger partial charge in [-0.2, -0.15) is 0 Å². The second kappa shape index (κ2) is 2.44. The van der Waals surface area contributed by atoms with Gasteiger partial charge in [0.05, 0.1) is 0 Å². The van der Waals surface area contributed by atoms with Crippen LogP contribution in [0.3, 0.4) is 0 Å². The molecule has 0 aromatic heterocycles. The summed E-state index contributed by atoms with van der Waals surface area (Å²) in [6.07, 6.45) is 1.54. The van der Waals surface area contributed by atoms with Gasteiger partial charge in [-0.15, -0.1) is 0 Å². The molecule has 1 atom stereocenters. The number of rotatable bonds is 3. The summed E-state index contributed by atoms with van der Waals surface area (Å²) in [6, 6.07) is 0. The summed E-state index contributed by atoms with van der Waals surface area (Å²) in [4.78, 5) is 12.2. The molecule has 0 amide bonds. The zero-order valence-electron chi connectivity index (χ0n) is 7.66. The van der Waals surface area contributed by atoms with Crippen LogP contribution in [-0.4, -0.2) is 40.9 Å². The SMILES string of the molecule is CN(C)[C@](O)(C(=O)O)C1(C)CC1. The molecular weight excluding hydrogens is 158 g/mol. The summed E-state index contributed by atoms with van der Waals surface area (Å²) in [5.74, 6) is -1.16. The highest BCUT2D eigenvalue weighted by molar-refractivity contribution is 5.78. The molecule has 1 rings (SSSR count). The highest BCUT2D eigenvalue weighted by Gasteiger charge is 2.61. The Labute approximate surface area is 71.8 Å². The molecule has 0 saturated heterocycles. The third-order valence-corrected chi connectivity index (χ3v) is 2.79. The molecule has 70 valence electrons. The molecule has 1 fully saturated rings. The van der Waals surface area contributed by atoms with E-state index in [-0.39, 0.29) is 0 Å². The monoisotopic (exact) mass is 173 g/mol. The lowest BCUT2D eigenvalue weighted by Gasteiger charge is -2.35. The summed E-state index contributed by atoms with van der Waals surface area (Å²) in [6.45, 7) is 1.79. The number of hydrogen-bond donors (Lipinski definition) is 2. The van der Waals surface area contributed by atoms with Gasteiger partial charge in [-0.3, -0.25) is 4.90 Å². The summed E-state index contributed by atoms with van der Waals surface area (Å²) in [5.41, 5.74) is -2.17. The predicted octanol–water partition coefficient (Wildman–Crippen LogP) is 0.121. The first-order chi connectivity index (χ1) is 5.34. The molecular formula is C8H15NO3. The van der Waals surface area contributed by atoms with E-state index in [1.165, 1.54) is 4.90 Å². The molecule has 0 radical (unpaired) electrons. The maximum Gasteiger partial charge on any atom is 0.352 e. The number of aliphatic carboxylic acids is 1. The second-order valence-electron chi connectivity index (χ2n) is 3.93. The minimum atomic E-state index is -1.70. The first kappa shape index (κ1) is 9.48. The molecule has 2 N–H and O–H groups in total. The van der Waals surface area contributed by atoms with Gasteiger partial charge < -0.3 is 10.2 Å². The smallest absolute Gasteiger partial charge is 0.352 e. The molecule has 4 heteroatoms. The summed E-state index contributed by atoms with van der Waals surface area (Å²) in [5, 5.41) is 18.8. The van der Waals surface area contributed by atoms with Crippen molar-refractivity contribution in [3.63, 3.8) is 0 Å². The minimum Gasteiger partial charge on any atom is -0.478 e. The molecule has 0 heterocycles. The zero-order valence-corrected chi connectivity index (χ0v) is 7.66. The van der Waals surface area contributed by atoms with Crippen molar-refractivity contribution < 1.29 is 15.0 Å². The molecule has 1 saturated carbocycles. The fourth-order valence-corrected chi connectivity index (χ4v) is 1.53. The van der Waals surface area contributed by atoms with Crippen molar-refractivity contribution >= 4 is 5.97 Å². The van der Waals surface area contributed by atoms with Crippen LogP contribution in [-0.2, 0) is 4.79 Å². The van der Waals surface area contributed by atoms with E-state index in [1.54, 1.807) is 21.0 Å². The average Bonchev–Trinajstić information content (AvgIpc) is 2.66. The van der Waals surface area contributed by atoms with Gasteiger partial charge in [-0.1, -0.05) is 6.92 Å². The van der Waals surface area contributed by atoms with Crippen LogP contribution < -0.4 is 0 Å². The molecule has 12 heavy (non-hydrogen) atoms. The third-order valence-electron chi connectivity index (χ3n) is 2.79. The van der Waals surface area contributed by atoms with Crippen LogP contribution in [0.15, 0.2) is 0 Å². The van der Waals surface area contributed by atoms with E-state index in [1.807, 2.05) is 0 Å². The third kappa shape index (κ3) is 1.03. The van der Waals surface area contributed by atoms with Crippen molar-refractivity contribution in [1.82, 2.24) is 4.90 Å². The Bertz CT molecular complexity index is 210. The van der Waals surface area contributed by atoms with Crippen molar-refractivity contribution in [3.8, 4) is 0 Å². The summed E-state index contributed by atoms with van der Waals surface area (Å²) >= 11 is 0. The van der Waals surface area contributed by atoms with Gasteiger partial charge in [-0.25, -0.2) is 4.79 Å². The van der Waals surface area contributed by atoms with Crippen molar-refractivity contribution in [2.24, 2.45) is 5.41 Å². The molecule has 1 aliphatic rings. The van der Waals surface area contributed by atoms with Gasteiger partial charge in [0, 0.05) is 5.41 Å². The molecule has 0 aromatic carbocycles. The first-order valence-corrected chi connectivity index (χ1v) is 3.98. The van der Waals surface area contributed by atoms with E-state index in [0.29, 0.717) is 0 Å². The number of carbonyl (C=O) groups is 1. The first-order valence-electron chi connectivity index (χ1n) is 3.98. The largest absolute Gasteiger partial charge is 0.478 e. The fourth-order valence-electron chi connectivity index (χ4n) is 1.53. The van der Waals surface area contributed by atoms with Gasteiger partial charge in [0.25, 0.3) is 0 Å². The van der Waals surface area contributed by atoms with E-state index < -0.39 is 17.1 Å². The molecule has 0 unspecified atom stereocenters. The van der Waals surface area contributed by atoms with Crippen LogP contribution in [0.4, 0.5) is 0 Å². The van der Waals surface area contributed by atoms with E-state index in [9.17, 15) is 9.90 Å². The number of nitrogens with zero attached hydrogens (tertiary/aromatic N) is 1. The Hall–Kier alpha value is -0.610. The highest BCUT2D eigenvalue weighted by Crippen LogP contribution is 2.54. The number of hydrogen-bond acceptors (Lipinski definition) is 3. The van der Waals surface area contributed by atoms with Gasteiger partial charge >= 0.3 is 5.97 Å². The fraction of sp³-hybridized carbons (Fsp3) is 0.875. The van der Waals surface area contributed by atoms with Gasteiger partial charge in [0.2, 0.25) is 5.72 Å². The van der Waals surface area contributed by atoms with Crippen molar-refractivity contribution in [2.45, 2.75) is 25.5 Å². The maximum absolute atomic E-state index is 10.9. The minimum absolute atomic E-state index is 0.470.